The van der Waals surface area contributed by atoms with Crippen molar-refractivity contribution in [2.24, 2.45) is 0 Å². The van der Waals surface area contributed by atoms with Crippen molar-refractivity contribution in [3.05, 3.63) is 33.3 Å². The van der Waals surface area contributed by atoms with E-state index in [4.69, 9.17) is 17.0 Å². The number of rotatable bonds is 7. The number of carbonyl (C=O) groups is 1. The van der Waals surface area contributed by atoms with Crippen LogP contribution in [-0.4, -0.2) is 33.6 Å². The van der Waals surface area contributed by atoms with E-state index in [0.29, 0.717) is 34.8 Å². The minimum absolute atomic E-state index is 0.0926. The van der Waals surface area contributed by atoms with Crippen molar-refractivity contribution < 1.29 is 9.53 Å². The zero-order valence-electron chi connectivity index (χ0n) is 15.1. The average molecular weight is 386 g/mol. The normalized spacial score (nSPS) is 14.0. The number of ether oxygens (including phenoxy) is 1. The number of unbranched alkanes of at least 4 members (excludes halogenated alkanes) is 1. The number of fused-ring (bicyclic) bond motifs is 3. The first-order valence-corrected chi connectivity index (χ1v) is 9.59. The Morgan fingerprint density at radius 3 is 2.85 bits per heavy atom. The summed E-state index contributed by atoms with van der Waals surface area (Å²) < 4.78 is 7.21. The molecule has 3 aromatic rings. The molecular formula is C19H22N4O3S. The summed E-state index contributed by atoms with van der Waals surface area (Å²) in [6, 6.07) is 5.99. The Balaban J connectivity index is 1.54. The van der Waals surface area contributed by atoms with Gasteiger partial charge in [0, 0.05) is 29.9 Å². The summed E-state index contributed by atoms with van der Waals surface area (Å²) in [6.07, 6.45) is 4.10. The molecule has 0 aliphatic heterocycles. The molecule has 1 aromatic carbocycles. The van der Waals surface area contributed by atoms with Gasteiger partial charge in [-0.25, -0.2) is 0 Å². The highest BCUT2D eigenvalue weighted by atomic mass is 32.1. The average Bonchev–Trinajstić information content (AvgIpc) is 3.39. The van der Waals surface area contributed by atoms with E-state index < -0.39 is 0 Å². The zero-order valence-corrected chi connectivity index (χ0v) is 15.9. The third-order valence-corrected chi connectivity index (χ3v) is 5.24. The van der Waals surface area contributed by atoms with Crippen LogP contribution in [0.3, 0.4) is 0 Å². The highest BCUT2D eigenvalue weighted by Crippen LogP contribution is 2.26. The van der Waals surface area contributed by atoms with Crippen LogP contribution >= 0.6 is 12.2 Å². The fraction of sp³-hybridized carbons (Fsp3) is 0.421. The number of methoxy groups -OCH3 is 1. The quantitative estimate of drug-likeness (QED) is 0.430. The van der Waals surface area contributed by atoms with E-state index in [1.54, 1.807) is 11.7 Å². The van der Waals surface area contributed by atoms with Crippen molar-refractivity contribution in [3.8, 4) is 5.75 Å². The van der Waals surface area contributed by atoms with Crippen molar-refractivity contribution in [3.63, 3.8) is 0 Å². The van der Waals surface area contributed by atoms with Crippen molar-refractivity contribution in [2.75, 3.05) is 7.11 Å². The fourth-order valence-corrected chi connectivity index (χ4v) is 3.55. The molecule has 0 unspecified atom stereocenters. The van der Waals surface area contributed by atoms with E-state index in [1.807, 2.05) is 18.2 Å². The van der Waals surface area contributed by atoms with Crippen LogP contribution in [0.5, 0.6) is 5.75 Å². The van der Waals surface area contributed by atoms with E-state index in [9.17, 15) is 9.59 Å². The molecule has 0 atom stereocenters. The zero-order chi connectivity index (χ0) is 19.0. The first kappa shape index (κ1) is 17.8. The molecule has 1 saturated carbocycles. The Labute approximate surface area is 160 Å². The maximum absolute atomic E-state index is 12.9. The number of benzene rings is 1. The molecule has 1 aliphatic rings. The lowest BCUT2D eigenvalue weighted by Crippen LogP contribution is -2.25. The minimum atomic E-state index is -0.147. The summed E-state index contributed by atoms with van der Waals surface area (Å²) in [6.45, 7) is 0.486. The summed E-state index contributed by atoms with van der Waals surface area (Å²) in [7, 11) is 1.61. The van der Waals surface area contributed by atoms with Crippen LogP contribution in [0.4, 0.5) is 0 Å². The number of nitrogens with one attached hydrogen (secondary N) is 3. The van der Waals surface area contributed by atoms with Gasteiger partial charge in [0.1, 0.15) is 11.3 Å². The van der Waals surface area contributed by atoms with Gasteiger partial charge in [-0.2, -0.15) is 0 Å². The molecule has 3 N–H and O–H groups in total. The Morgan fingerprint density at radius 2 is 2.11 bits per heavy atom. The molecule has 0 bridgehead atoms. The predicted molar refractivity (Wildman–Crippen MR) is 107 cm³/mol. The first-order valence-electron chi connectivity index (χ1n) is 9.18. The van der Waals surface area contributed by atoms with Crippen LogP contribution in [0.15, 0.2) is 23.0 Å². The summed E-state index contributed by atoms with van der Waals surface area (Å²) in [5.74, 6) is 0.811. The molecule has 4 rings (SSSR count). The minimum Gasteiger partial charge on any atom is -0.497 e. The lowest BCUT2D eigenvalue weighted by molar-refractivity contribution is -0.121. The molecule has 2 aromatic heterocycles. The smallest absolute Gasteiger partial charge is 0.278 e. The molecule has 0 radical (unpaired) electrons. The topological polar surface area (TPSA) is 91.9 Å². The number of nitrogens with zero attached hydrogens (tertiary/aromatic N) is 1. The van der Waals surface area contributed by atoms with Crippen molar-refractivity contribution >= 4 is 40.1 Å². The van der Waals surface area contributed by atoms with E-state index in [2.05, 4.69) is 15.3 Å². The number of carbonyl (C=O) groups excluding carboxylic acids is 1. The third kappa shape index (κ3) is 3.62. The Hall–Kier alpha value is -2.61. The number of aromatic amines is 2. The van der Waals surface area contributed by atoms with Crippen LogP contribution in [-0.2, 0) is 11.3 Å². The van der Waals surface area contributed by atoms with Crippen LogP contribution in [0.1, 0.15) is 32.1 Å². The SMILES string of the molecule is COc1ccc2[nH]c3c(=O)n(CCCCC(=O)NC4CC4)c(=S)[nH]c3c2c1. The largest absolute Gasteiger partial charge is 0.497 e. The Kier molecular flexibility index (Phi) is 4.73. The number of hydrogen-bond acceptors (Lipinski definition) is 4. The van der Waals surface area contributed by atoms with Crippen LogP contribution in [0, 0.1) is 4.77 Å². The summed E-state index contributed by atoms with van der Waals surface area (Å²) in [4.78, 5) is 31.0. The second-order valence-electron chi connectivity index (χ2n) is 6.97. The molecular weight excluding hydrogens is 364 g/mol. The van der Waals surface area contributed by atoms with Gasteiger partial charge in [0.05, 0.1) is 12.6 Å². The summed E-state index contributed by atoms with van der Waals surface area (Å²) in [5, 5.41) is 3.85. The van der Waals surface area contributed by atoms with Gasteiger partial charge in [0.15, 0.2) is 4.77 Å². The molecule has 8 heteroatoms. The van der Waals surface area contributed by atoms with Gasteiger partial charge < -0.3 is 20.0 Å². The van der Waals surface area contributed by atoms with Gasteiger partial charge in [-0.3, -0.25) is 14.2 Å². The molecule has 142 valence electrons. The Bertz CT molecular complexity index is 1120. The molecule has 7 nitrogen and oxygen atoms in total. The van der Waals surface area contributed by atoms with E-state index >= 15 is 0 Å². The summed E-state index contributed by atoms with van der Waals surface area (Å²) >= 11 is 5.41. The number of aromatic nitrogens is 3. The first-order chi connectivity index (χ1) is 13.1. The number of H-pyrrole nitrogens is 2. The van der Waals surface area contributed by atoms with Gasteiger partial charge in [0.25, 0.3) is 5.56 Å². The maximum Gasteiger partial charge on any atom is 0.278 e. The van der Waals surface area contributed by atoms with Crippen LogP contribution in [0.2, 0.25) is 0 Å². The standard InChI is InChI=1S/C19H22N4O3S/c1-26-12-7-8-14-13(10-12)16-17(21-14)18(25)23(19(27)22-16)9-3-2-4-15(24)20-11-5-6-11/h7-8,10-11,21H,2-6,9H2,1H3,(H,20,24)(H,22,27). The maximum atomic E-state index is 12.9. The van der Waals surface area contributed by atoms with Gasteiger partial charge in [-0.05, 0) is 56.1 Å². The molecule has 0 spiro atoms. The van der Waals surface area contributed by atoms with E-state index in [-0.39, 0.29) is 11.5 Å². The Morgan fingerprint density at radius 1 is 1.30 bits per heavy atom. The molecule has 0 saturated heterocycles. The van der Waals surface area contributed by atoms with Crippen molar-refractivity contribution in [1.29, 1.82) is 0 Å². The van der Waals surface area contributed by atoms with E-state index in [0.717, 1.165) is 42.3 Å². The monoisotopic (exact) mass is 386 g/mol. The van der Waals surface area contributed by atoms with Gasteiger partial charge >= 0.3 is 0 Å². The molecule has 27 heavy (non-hydrogen) atoms. The fourth-order valence-electron chi connectivity index (χ4n) is 3.28. The third-order valence-electron chi connectivity index (χ3n) is 4.92. The summed E-state index contributed by atoms with van der Waals surface area (Å²) in [5.41, 5.74) is 1.90. The van der Waals surface area contributed by atoms with Crippen LogP contribution in [0.25, 0.3) is 21.9 Å². The lowest BCUT2D eigenvalue weighted by atomic mass is 10.2. The second-order valence-corrected chi connectivity index (χ2v) is 7.36. The van der Waals surface area contributed by atoms with Gasteiger partial charge in [-0.15, -0.1) is 0 Å². The molecule has 1 amide bonds. The highest BCUT2D eigenvalue weighted by Gasteiger charge is 2.22. The van der Waals surface area contributed by atoms with Gasteiger partial charge in [0.2, 0.25) is 5.91 Å². The van der Waals surface area contributed by atoms with Crippen LogP contribution < -0.4 is 15.6 Å². The van der Waals surface area contributed by atoms with Crippen molar-refractivity contribution in [1.82, 2.24) is 19.9 Å². The molecule has 1 aliphatic carbocycles. The van der Waals surface area contributed by atoms with Crippen molar-refractivity contribution in [2.45, 2.75) is 44.7 Å². The van der Waals surface area contributed by atoms with E-state index in [1.165, 1.54) is 0 Å². The van der Waals surface area contributed by atoms with Gasteiger partial charge in [-0.1, -0.05) is 0 Å². The molecule has 2 heterocycles. The lowest BCUT2D eigenvalue weighted by Gasteiger charge is -2.07. The highest BCUT2D eigenvalue weighted by molar-refractivity contribution is 7.71. The second kappa shape index (κ2) is 7.19. The number of amides is 1. The predicted octanol–water partition coefficient (Wildman–Crippen LogP) is 3.00. The number of hydrogen-bond donors (Lipinski definition) is 3. The molecule has 1 fully saturated rings.